The Bertz CT molecular complexity index is 97.7. The minimum Gasteiger partial charge on any atom is -0.304 e. The van der Waals surface area contributed by atoms with E-state index in [1.54, 1.807) is 0 Å². The van der Waals surface area contributed by atoms with Crippen LogP contribution in [-0.4, -0.2) is 31.1 Å². The molecule has 1 fully saturated rings. The maximum absolute atomic E-state index is 10.3. The van der Waals surface area contributed by atoms with Gasteiger partial charge in [-0.2, -0.15) is 0 Å². The maximum atomic E-state index is 10.3. The Labute approximate surface area is 69.2 Å². The van der Waals surface area contributed by atoms with Gasteiger partial charge in [0.15, 0.2) is 0 Å². The normalized spacial score (nSPS) is 22.4. The van der Waals surface area contributed by atoms with E-state index < -0.39 is 0 Å². The molecule has 0 aromatic heterocycles. The first kappa shape index (κ1) is 9.01. The molecule has 2 nitrogen and oxygen atoms in total. The maximum Gasteiger partial charge on any atom is 0.0825 e. The Balaban J connectivity index is 2.14. The summed E-state index contributed by atoms with van der Waals surface area (Å²) in [5, 5.41) is 10.3. The number of hydrogen-bond acceptors (Lipinski definition) is 1. The molecule has 0 saturated carbocycles. The molecule has 0 aliphatic carbocycles. The van der Waals surface area contributed by atoms with Gasteiger partial charge in [0.05, 0.1) is 6.61 Å². The molecule has 0 bridgehead atoms. The second-order valence-corrected chi connectivity index (χ2v) is 3.37. The van der Waals surface area contributed by atoms with Gasteiger partial charge in [-0.25, -0.2) is 5.11 Å². The predicted octanol–water partition coefficient (Wildman–Crippen LogP) is 1.54. The molecular formula is C9H18NO. The molecule has 1 radical (unpaired) electrons. The molecule has 0 N–H and O–H groups in total. The lowest BCUT2D eigenvalue weighted by molar-refractivity contribution is 0.132. The Morgan fingerprint density at radius 1 is 1.36 bits per heavy atom. The van der Waals surface area contributed by atoms with Crippen molar-refractivity contribution < 1.29 is 5.11 Å². The third-order valence-electron chi connectivity index (χ3n) is 2.68. The lowest BCUT2D eigenvalue weighted by Gasteiger charge is -2.30. The smallest absolute Gasteiger partial charge is 0.0825 e. The summed E-state index contributed by atoms with van der Waals surface area (Å²) in [5.74, 6) is 0.732. The first-order valence-corrected chi connectivity index (χ1v) is 4.67. The highest BCUT2D eigenvalue weighted by molar-refractivity contribution is 4.70. The van der Waals surface area contributed by atoms with Crippen molar-refractivity contribution in [3.8, 4) is 0 Å². The van der Waals surface area contributed by atoms with Crippen LogP contribution in [0.2, 0.25) is 0 Å². The van der Waals surface area contributed by atoms with Gasteiger partial charge in [-0.05, 0) is 44.8 Å². The van der Waals surface area contributed by atoms with Gasteiger partial charge in [0.1, 0.15) is 0 Å². The van der Waals surface area contributed by atoms with Crippen molar-refractivity contribution in [1.29, 1.82) is 0 Å². The van der Waals surface area contributed by atoms with Gasteiger partial charge in [-0.3, -0.25) is 0 Å². The van der Waals surface area contributed by atoms with E-state index in [1.807, 2.05) is 0 Å². The van der Waals surface area contributed by atoms with Crippen LogP contribution in [0, 0.1) is 5.92 Å². The van der Waals surface area contributed by atoms with Crippen LogP contribution in [0.3, 0.4) is 0 Å². The Morgan fingerprint density at radius 2 is 2.00 bits per heavy atom. The van der Waals surface area contributed by atoms with Crippen LogP contribution in [0.1, 0.15) is 26.2 Å². The van der Waals surface area contributed by atoms with Gasteiger partial charge in [-0.15, -0.1) is 0 Å². The minimum atomic E-state index is 0.122. The van der Waals surface area contributed by atoms with Gasteiger partial charge in [0.25, 0.3) is 0 Å². The van der Waals surface area contributed by atoms with Crippen molar-refractivity contribution in [1.82, 2.24) is 4.90 Å². The van der Waals surface area contributed by atoms with Crippen LogP contribution in [-0.2, 0) is 5.11 Å². The highest BCUT2D eigenvalue weighted by atomic mass is 16.3. The van der Waals surface area contributed by atoms with Crippen molar-refractivity contribution >= 4 is 0 Å². The molecule has 0 atom stereocenters. The summed E-state index contributed by atoms with van der Waals surface area (Å²) in [4.78, 5) is 2.46. The number of likely N-dealkylation sites (tertiary alicyclic amines) is 1. The molecule has 1 rings (SSSR count). The quantitative estimate of drug-likeness (QED) is 0.608. The molecule has 0 unspecified atom stereocenters. The van der Waals surface area contributed by atoms with Crippen LogP contribution in [0.4, 0.5) is 0 Å². The zero-order valence-electron chi connectivity index (χ0n) is 7.38. The average Bonchev–Trinajstić information content (AvgIpc) is 2.07. The molecule has 1 aliphatic rings. The van der Waals surface area contributed by atoms with E-state index in [2.05, 4.69) is 11.8 Å². The van der Waals surface area contributed by atoms with E-state index in [4.69, 9.17) is 0 Å². The highest BCUT2D eigenvalue weighted by Crippen LogP contribution is 2.19. The SMILES string of the molecule is CCN1CCC(CC[O])CC1. The number of nitrogens with zero attached hydrogens (tertiary/aromatic N) is 1. The molecule has 1 aliphatic heterocycles. The van der Waals surface area contributed by atoms with Crippen molar-refractivity contribution in [3.05, 3.63) is 0 Å². The van der Waals surface area contributed by atoms with Gasteiger partial charge < -0.3 is 4.90 Å². The number of piperidine rings is 1. The standard InChI is InChI=1S/C9H18NO/c1-2-10-6-3-9(4-7-10)5-8-11/h9H,2-8H2,1H3. The van der Waals surface area contributed by atoms with Crippen LogP contribution in [0.5, 0.6) is 0 Å². The fourth-order valence-electron chi connectivity index (χ4n) is 1.76. The molecule has 11 heavy (non-hydrogen) atoms. The average molecular weight is 156 g/mol. The fraction of sp³-hybridized carbons (Fsp3) is 1.00. The molecule has 1 heterocycles. The van der Waals surface area contributed by atoms with E-state index in [0.717, 1.165) is 12.3 Å². The third-order valence-corrected chi connectivity index (χ3v) is 2.68. The highest BCUT2D eigenvalue weighted by Gasteiger charge is 2.16. The fourth-order valence-corrected chi connectivity index (χ4v) is 1.76. The molecule has 65 valence electrons. The van der Waals surface area contributed by atoms with Gasteiger partial charge in [0.2, 0.25) is 0 Å². The van der Waals surface area contributed by atoms with Crippen LogP contribution < -0.4 is 0 Å². The van der Waals surface area contributed by atoms with E-state index in [9.17, 15) is 5.11 Å². The number of hydrogen-bond donors (Lipinski definition) is 0. The Morgan fingerprint density at radius 3 is 2.45 bits per heavy atom. The third kappa shape index (κ3) is 2.80. The van der Waals surface area contributed by atoms with Crippen molar-refractivity contribution in [3.63, 3.8) is 0 Å². The van der Waals surface area contributed by atoms with Gasteiger partial charge in [-0.1, -0.05) is 6.92 Å². The summed E-state index contributed by atoms with van der Waals surface area (Å²) in [7, 11) is 0. The molecule has 0 aromatic carbocycles. The first-order chi connectivity index (χ1) is 5.36. The Hall–Kier alpha value is -0.0800. The van der Waals surface area contributed by atoms with Gasteiger partial charge >= 0.3 is 0 Å². The first-order valence-electron chi connectivity index (χ1n) is 4.67. The van der Waals surface area contributed by atoms with Crippen molar-refractivity contribution in [2.45, 2.75) is 26.2 Å². The Kier molecular flexibility index (Phi) is 3.87. The van der Waals surface area contributed by atoms with E-state index >= 15 is 0 Å². The van der Waals surface area contributed by atoms with Crippen molar-refractivity contribution in [2.24, 2.45) is 5.92 Å². The van der Waals surface area contributed by atoms with E-state index in [0.29, 0.717) is 0 Å². The summed E-state index contributed by atoms with van der Waals surface area (Å²) >= 11 is 0. The lowest BCUT2D eigenvalue weighted by atomic mass is 9.94. The van der Waals surface area contributed by atoms with Crippen LogP contribution in [0.15, 0.2) is 0 Å². The largest absolute Gasteiger partial charge is 0.304 e. The van der Waals surface area contributed by atoms with E-state index in [1.165, 1.54) is 32.5 Å². The zero-order valence-corrected chi connectivity index (χ0v) is 7.38. The second-order valence-electron chi connectivity index (χ2n) is 3.37. The summed E-state index contributed by atoms with van der Waals surface area (Å²) in [6.45, 7) is 5.91. The summed E-state index contributed by atoms with van der Waals surface area (Å²) < 4.78 is 0. The minimum absolute atomic E-state index is 0.122. The second kappa shape index (κ2) is 4.73. The van der Waals surface area contributed by atoms with E-state index in [-0.39, 0.29) is 6.61 Å². The van der Waals surface area contributed by atoms with Crippen LogP contribution >= 0.6 is 0 Å². The molecule has 0 spiro atoms. The molecular weight excluding hydrogens is 138 g/mol. The molecule has 2 heteroatoms. The summed E-state index contributed by atoms with van der Waals surface area (Å²) in [6, 6.07) is 0. The predicted molar refractivity (Wildman–Crippen MR) is 45.0 cm³/mol. The van der Waals surface area contributed by atoms with Crippen LogP contribution in [0.25, 0.3) is 0 Å². The van der Waals surface area contributed by atoms with Gasteiger partial charge in [0, 0.05) is 0 Å². The molecule has 1 saturated heterocycles. The summed E-state index contributed by atoms with van der Waals surface area (Å²) in [6.07, 6.45) is 3.39. The molecule has 0 aromatic rings. The monoisotopic (exact) mass is 156 g/mol. The molecule has 0 amide bonds. The summed E-state index contributed by atoms with van der Waals surface area (Å²) in [5.41, 5.74) is 0. The lowest BCUT2D eigenvalue weighted by Crippen LogP contribution is -2.33. The number of rotatable bonds is 3. The van der Waals surface area contributed by atoms with Crippen molar-refractivity contribution in [2.75, 3.05) is 26.2 Å². The topological polar surface area (TPSA) is 23.1 Å². The zero-order chi connectivity index (χ0) is 8.10.